The van der Waals surface area contributed by atoms with E-state index >= 15 is 0 Å². The number of nitrogens with one attached hydrogen (secondary N) is 3. The van der Waals surface area contributed by atoms with Crippen LogP contribution in [-0.2, 0) is 11.8 Å². The lowest BCUT2D eigenvalue weighted by Gasteiger charge is -2.17. The third kappa shape index (κ3) is 4.88. The molecular weight excluding hydrogens is 446 g/mol. The number of imidazole rings is 1. The van der Waals surface area contributed by atoms with E-state index in [-0.39, 0.29) is 22.9 Å². The van der Waals surface area contributed by atoms with Crippen molar-refractivity contribution < 1.29 is 4.79 Å². The lowest BCUT2D eigenvalue weighted by molar-refractivity contribution is -0.114. The Kier molecular flexibility index (Phi) is 5.96. The lowest BCUT2D eigenvalue weighted by atomic mass is 10.2. The highest BCUT2D eigenvalue weighted by molar-refractivity contribution is 5.93. The summed E-state index contributed by atoms with van der Waals surface area (Å²) in [6.45, 7) is 3.60. The second kappa shape index (κ2) is 9.37. The van der Waals surface area contributed by atoms with E-state index in [4.69, 9.17) is 0 Å². The number of amides is 1. The van der Waals surface area contributed by atoms with E-state index in [0.717, 1.165) is 18.8 Å². The number of aromatic nitrogens is 4. The summed E-state index contributed by atoms with van der Waals surface area (Å²) < 4.78 is 1.66. The van der Waals surface area contributed by atoms with Gasteiger partial charge in [-0.2, -0.15) is 15.2 Å². The summed E-state index contributed by atoms with van der Waals surface area (Å²) in [6.07, 6.45) is 3.98. The van der Waals surface area contributed by atoms with Gasteiger partial charge in [-0.1, -0.05) is 0 Å². The smallest absolute Gasteiger partial charge is 0.280 e. The molecule has 1 aliphatic rings. The highest BCUT2D eigenvalue weighted by Crippen LogP contribution is 2.31. The maximum Gasteiger partial charge on any atom is 0.280 e. The Morgan fingerprint density at radius 3 is 2.49 bits per heavy atom. The number of carbonyl (C=O) groups excluding carboxylic acids is 1. The normalized spacial score (nSPS) is 13.6. The van der Waals surface area contributed by atoms with Crippen molar-refractivity contribution in [3.8, 4) is 0 Å². The van der Waals surface area contributed by atoms with Crippen molar-refractivity contribution in [2.45, 2.75) is 19.8 Å². The van der Waals surface area contributed by atoms with E-state index in [1.54, 1.807) is 29.8 Å². The first-order valence-corrected chi connectivity index (χ1v) is 11.3. The Labute approximate surface area is 200 Å². The molecule has 11 heteroatoms. The zero-order chi connectivity index (χ0) is 24.4. The van der Waals surface area contributed by atoms with Crippen molar-refractivity contribution in [2.24, 2.45) is 17.3 Å². The van der Waals surface area contributed by atoms with E-state index < -0.39 is 0 Å². The van der Waals surface area contributed by atoms with Crippen LogP contribution in [0.3, 0.4) is 0 Å². The number of benzene rings is 2. The van der Waals surface area contributed by atoms with Gasteiger partial charge in [0.25, 0.3) is 5.56 Å². The largest absolute Gasteiger partial charge is 0.372 e. The highest BCUT2D eigenvalue weighted by atomic mass is 16.1. The summed E-state index contributed by atoms with van der Waals surface area (Å²) in [7, 11) is 1.76. The van der Waals surface area contributed by atoms with Crippen LogP contribution < -0.4 is 21.1 Å². The average Bonchev–Trinajstić information content (AvgIpc) is 3.50. The number of azo groups is 1. The Morgan fingerprint density at radius 2 is 1.74 bits per heavy atom. The molecule has 0 aliphatic carbocycles. The first-order valence-electron chi connectivity index (χ1n) is 11.3. The molecule has 178 valence electrons. The van der Waals surface area contributed by atoms with E-state index in [1.165, 1.54) is 31.8 Å². The monoisotopic (exact) mass is 471 g/mol. The number of aromatic amines is 1. The minimum absolute atomic E-state index is 0.212. The molecule has 0 atom stereocenters. The molecule has 3 heterocycles. The van der Waals surface area contributed by atoms with E-state index in [9.17, 15) is 9.59 Å². The Balaban J connectivity index is 1.41. The van der Waals surface area contributed by atoms with Crippen LogP contribution in [0, 0.1) is 0 Å². The fourth-order valence-electron chi connectivity index (χ4n) is 4.02. The molecule has 1 aliphatic heterocycles. The van der Waals surface area contributed by atoms with Crippen molar-refractivity contribution in [3.05, 3.63) is 59.1 Å². The summed E-state index contributed by atoms with van der Waals surface area (Å²) in [5, 5.41) is 14.5. The Hall–Kier alpha value is -4.54. The zero-order valence-corrected chi connectivity index (χ0v) is 19.4. The van der Waals surface area contributed by atoms with Gasteiger partial charge in [-0.15, -0.1) is 0 Å². The van der Waals surface area contributed by atoms with Crippen LogP contribution in [0.15, 0.2) is 63.8 Å². The van der Waals surface area contributed by atoms with Crippen LogP contribution in [-0.4, -0.2) is 38.5 Å². The number of hydrogen-bond donors (Lipinski definition) is 3. The summed E-state index contributed by atoms with van der Waals surface area (Å²) in [5.74, 6) is -0.0200. The molecule has 1 saturated heterocycles. The van der Waals surface area contributed by atoms with Gasteiger partial charge in [-0.25, -0.2) is 4.98 Å². The molecule has 1 fully saturated rings. The SMILES string of the molecule is CC(=O)Nc1ccc(N=Nc2ccc(N3CCCC3)cc2)cc1Nc1nc2c(ncn2C)c(=O)[nH]1. The molecule has 2 aromatic heterocycles. The van der Waals surface area contributed by atoms with Crippen molar-refractivity contribution in [1.82, 2.24) is 19.5 Å². The van der Waals surface area contributed by atoms with Gasteiger partial charge >= 0.3 is 0 Å². The summed E-state index contributed by atoms with van der Waals surface area (Å²) >= 11 is 0. The van der Waals surface area contributed by atoms with Gasteiger partial charge in [0.2, 0.25) is 11.9 Å². The number of aryl methyl sites for hydroxylation is 1. The van der Waals surface area contributed by atoms with Crippen molar-refractivity contribution in [3.63, 3.8) is 0 Å². The number of rotatable bonds is 6. The summed E-state index contributed by atoms with van der Waals surface area (Å²) in [6, 6.07) is 13.2. The molecule has 2 aromatic carbocycles. The molecule has 0 radical (unpaired) electrons. The maximum absolute atomic E-state index is 12.4. The molecule has 11 nitrogen and oxygen atoms in total. The Bertz CT molecular complexity index is 1460. The van der Waals surface area contributed by atoms with Crippen LogP contribution in [0.4, 0.5) is 34.4 Å². The average molecular weight is 472 g/mol. The maximum atomic E-state index is 12.4. The number of nitrogens with zero attached hydrogens (tertiary/aromatic N) is 6. The molecule has 0 spiro atoms. The van der Waals surface area contributed by atoms with Gasteiger partial charge in [0.1, 0.15) is 0 Å². The molecule has 0 bridgehead atoms. The molecule has 1 amide bonds. The van der Waals surface area contributed by atoms with Crippen molar-refractivity contribution >= 4 is 51.5 Å². The second-order valence-corrected chi connectivity index (χ2v) is 8.39. The quantitative estimate of drug-likeness (QED) is 0.358. The predicted molar refractivity (Wildman–Crippen MR) is 135 cm³/mol. The topological polar surface area (TPSA) is 133 Å². The van der Waals surface area contributed by atoms with Gasteiger partial charge in [0, 0.05) is 32.7 Å². The minimum atomic E-state index is -0.368. The molecule has 0 saturated carbocycles. The summed E-state index contributed by atoms with van der Waals surface area (Å²) in [5.41, 5.74) is 3.83. The second-order valence-electron chi connectivity index (χ2n) is 8.39. The van der Waals surface area contributed by atoms with Crippen LogP contribution in [0.5, 0.6) is 0 Å². The Morgan fingerprint density at radius 1 is 1.03 bits per heavy atom. The predicted octanol–water partition coefficient (Wildman–Crippen LogP) is 4.37. The number of anilines is 4. The number of hydrogen-bond acceptors (Lipinski definition) is 8. The molecule has 3 N–H and O–H groups in total. The molecule has 35 heavy (non-hydrogen) atoms. The molecule has 0 unspecified atom stereocenters. The molecule has 4 aromatic rings. The van der Waals surface area contributed by atoms with E-state index in [0.29, 0.717) is 22.7 Å². The number of H-pyrrole nitrogens is 1. The van der Waals surface area contributed by atoms with Crippen LogP contribution in [0.2, 0.25) is 0 Å². The van der Waals surface area contributed by atoms with Crippen LogP contribution in [0.25, 0.3) is 11.2 Å². The minimum Gasteiger partial charge on any atom is -0.372 e. The van der Waals surface area contributed by atoms with Gasteiger partial charge in [-0.3, -0.25) is 14.6 Å². The third-order valence-corrected chi connectivity index (χ3v) is 5.74. The highest BCUT2D eigenvalue weighted by Gasteiger charge is 2.13. The van der Waals surface area contributed by atoms with Gasteiger partial charge in [-0.05, 0) is 55.3 Å². The molecule has 5 rings (SSSR count). The first kappa shape index (κ1) is 22.3. The van der Waals surface area contributed by atoms with Crippen LogP contribution in [0.1, 0.15) is 19.8 Å². The standard InChI is InChI=1S/C24H25N9O2/c1-15(34)26-19-10-7-17(31-30-16-5-8-18(9-6-16)33-11-3-4-12-33)13-20(19)27-24-28-22-21(23(35)29-24)25-14-32(22)2/h5-10,13-14H,3-4,11-12H2,1-2H3,(H,26,34)(H2,27,28,29,35). The fourth-order valence-corrected chi connectivity index (χ4v) is 4.02. The fraction of sp³-hybridized carbons (Fsp3) is 0.250. The third-order valence-electron chi connectivity index (χ3n) is 5.74. The van der Waals surface area contributed by atoms with Gasteiger partial charge in [0.05, 0.1) is 29.1 Å². The number of carbonyl (C=O) groups is 1. The van der Waals surface area contributed by atoms with Crippen LogP contribution >= 0.6 is 0 Å². The van der Waals surface area contributed by atoms with Gasteiger partial charge < -0.3 is 20.1 Å². The summed E-state index contributed by atoms with van der Waals surface area (Å²) in [4.78, 5) is 37.6. The van der Waals surface area contributed by atoms with E-state index in [1.807, 2.05) is 12.1 Å². The lowest BCUT2D eigenvalue weighted by Crippen LogP contribution is -2.17. The van der Waals surface area contributed by atoms with Crippen molar-refractivity contribution in [2.75, 3.05) is 28.6 Å². The zero-order valence-electron chi connectivity index (χ0n) is 19.4. The van der Waals surface area contributed by atoms with E-state index in [2.05, 4.69) is 52.8 Å². The number of fused-ring (bicyclic) bond motifs is 1. The van der Waals surface area contributed by atoms with Crippen molar-refractivity contribution in [1.29, 1.82) is 0 Å². The first-order chi connectivity index (χ1) is 17.0. The molecular formula is C24H25N9O2. The van der Waals surface area contributed by atoms with Gasteiger partial charge in [0.15, 0.2) is 11.2 Å².